The zero-order chi connectivity index (χ0) is 15.4. The van der Waals surface area contributed by atoms with E-state index < -0.39 is 6.23 Å². The van der Waals surface area contributed by atoms with Gasteiger partial charge in [-0.3, -0.25) is 9.78 Å². The normalized spacial score (nSPS) is 15.1. The standard InChI is InChI=1S/C12H21N5O4/c1-7(2)21-5-8(20-4-3-18)17-6-14-9-10(17)15-12(13)16-11(9)19/h7-8,14,18H,3-6H2,1-2H3,(H3,13,15,16,19). The molecule has 9 nitrogen and oxygen atoms in total. The summed E-state index contributed by atoms with van der Waals surface area (Å²) in [6, 6.07) is 0. The minimum atomic E-state index is -0.470. The largest absolute Gasteiger partial charge is 0.394 e. The average molecular weight is 299 g/mol. The van der Waals surface area contributed by atoms with Gasteiger partial charge in [-0.25, -0.2) is 0 Å². The van der Waals surface area contributed by atoms with E-state index in [1.165, 1.54) is 0 Å². The molecule has 0 radical (unpaired) electrons. The topological polar surface area (TPSA) is 126 Å². The highest BCUT2D eigenvalue weighted by atomic mass is 16.6. The van der Waals surface area contributed by atoms with E-state index in [0.717, 1.165) is 0 Å². The third kappa shape index (κ3) is 3.63. The van der Waals surface area contributed by atoms with Gasteiger partial charge in [0.2, 0.25) is 5.95 Å². The first-order chi connectivity index (χ1) is 10.0. The quantitative estimate of drug-likeness (QED) is 0.521. The molecule has 0 aromatic carbocycles. The number of fused-ring (bicyclic) bond motifs is 1. The Bertz CT molecular complexity index is 533. The molecule has 0 spiro atoms. The lowest BCUT2D eigenvalue weighted by molar-refractivity contribution is -0.0434. The number of rotatable bonds is 7. The zero-order valence-electron chi connectivity index (χ0n) is 12.1. The van der Waals surface area contributed by atoms with E-state index in [0.29, 0.717) is 18.2 Å². The van der Waals surface area contributed by atoms with Crippen LogP contribution in [0.4, 0.5) is 17.5 Å². The van der Waals surface area contributed by atoms with E-state index in [4.69, 9.17) is 20.3 Å². The van der Waals surface area contributed by atoms with Crippen LogP contribution in [0.3, 0.4) is 0 Å². The molecule has 0 fully saturated rings. The van der Waals surface area contributed by atoms with Gasteiger partial charge in [-0.1, -0.05) is 0 Å². The van der Waals surface area contributed by atoms with Crippen molar-refractivity contribution in [3.63, 3.8) is 0 Å². The van der Waals surface area contributed by atoms with Gasteiger partial charge in [0, 0.05) is 0 Å². The molecule has 1 aliphatic heterocycles. The number of aliphatic hydroxyl groups is 1. The first-order valence-corrected chi connectivity index (χ1v) is 6.77. The number of H-pyrrole nitrogens is 1. The maximum Gasteiger partial charge on any atom is 0.277 e. The minimum Gasteiger partial charge on any atom is -0.394 e. The number of ether oxygens (including phenoxy) is 2. The summed E-state index contributed by atoms with van der Waals surface area (Å²) in [7, 11) is 0. The van der Waals surface area contributed by atoms with Gasteiger partial charge < -0.3 is 30.5 Å². The molecule has 5 N–H and O–H groups in total. The predicted octanol–water partition coefficient (Wildman–Crippen LogP) is -0.698. The number of nitrogens with zero attached hydrogens (tertiary/aromatic N) is 2. The lowest BCUT2D eigenvalue weighted by atomic mass is 10.4. The van der Waals surface area contributed by atoms with Crippen LogP contribution in [0.25, 0.3) is 0 Å². The molecule has 9 heteroatoms. The molecule has 2 heterocycles. The molecular formula is C12H21N5O4. The number of nitrogens with two attached hydrogens (primary N) is 1. The number of aliphatic hydroxyl groups excluding tert-OH is 1. The fraction of sp³-hybridized carbons (Fsp3) is 0.667. The van der Waals surface area contributed by atoms with Crippen molar-refractivity contribution in [1.82, 2.24) is 9.97 Å². The molecule has 0 saturated carbocycles. The number of nitrogen functional groups attached to an aromatic ring is 1. The van der Waals surface area contributed by atoms with E-state index in [9.17, 15) is 4.79 Å². The summed E-state index contributed by atoms with van der Waals surface area (Å²) in [4.78, 5) is 20.1. The molecule has 0 amide bonds. The van der Waals surface area contributed by atoms with Crippen molar-refractivity contribution >= 4 is 17.5 Å². The van der Waals surface area contributed by atoms with Gasteiger partial charge in [0.1, 0.15) is 5.69 Å². The number of hydrogen-bond acceptors (Lipinski definition) is 8. The lowest BCUT2D eigenvalue weighted by Gasteiger charge is -2.28. The van der Waals surface area contributed by atoms with Crippen molar-refractivity contribution < 1.29 is 14.6 Å². The van der Waals surface area contributed by atoms with Gasteiger partial charge in [-0.2, -0.15) is 4.98 Å². The van der Waals surface area contributed by atoms with Crippen LogP contribution in [0, 0.1) is 0 Å². The average Bonchev–Trinajstić information content (AvgIpc) is 2.82. The number of aromatic amines is 1. The third-order valence-corrected chi connectivity index (χ3v) is 2.94. The second-order valence-electron chi connectivity index (χ2n) is 4.89. The van der Waals surface area contributed by atoms with Crippen molar-refractivity contribution in [1.29, 1.82) is 0 Å². The van der Waals surface area contributed by atoms with E-state index >= 15 is 0 Å². The van der Waals surface area contributed by atoms with Crippen LogP contribution < -0.4 is 21.5 Å². The highest BCUT2D eigenvalue weighted by Crippen LogP contribution is 2.28. The number of anilines is 3. The lowest BCUT2D eigenvalue weighted by Crippen LogP contribution is -2.42. The van der Waals surface area contributed by atoms with Crippen LogP contribution in [-0.4, -0.2) is 53.9 Å². The van der Waals surface area contributed by atoms with Gasteiger partial charge in [0.25, 0.3) is 5.56 Å². The smallest absolute Gasteiger partial charge is 0.277 e. The summed E-state index contributed by atoms with van der Waals surface area (Å²) in [6.07, 6.45) is -0.431. The van der Waals surface area contributed by atoms with E-state index in [1.807, 2.05) is 13.8 Å². The highest BCUT2D eigenvalue weighted by Gasteiger charge is 2.30. The van der Waals surface area contributed by atoms with Crippen LogP contribution >= 0.6 is 0 Å². The monoisotopic (exact) mass is 299 g/mol. The molecule has 2 rings (SSSR count). The molecule has 1 aromatic rings. The Balaban J connectivity index is 2.20. The van der Waals surface area contributed by atoms with Crippen molar-refractivity contribution in [2.75, 3.05) is 42.4 Å². The van der Waals surface area contributed by atoms with Crippen molar-refractivity contribution in [3.8, 4) is 0 Å². The van der Waals surface area contributed by atoms with Gasteiger partial charge >= 0.3 is 0 Å². The van der Waals surface area contributed by atoms with Crippen molar-refractivity contribution in [3.05, 3.63) is 10.4 Å². The molecule has 0 bridgehead atoms. The molecular weight excluding hydrogens is 278 g/mol. The highest BCUT2D eigenvalue weighted by molar-refractivity contribution is 5.70. The summed E-state index contributed by atoms with van der Waals surface area (Å²) >= 11 is 0. The Kier molecular flexibility index (Phi) is 4.99. The molecule has 0 saturated heterocycles. The summed E-state index contributed by atoms with van der Waals surface area (Å²) in [6.45, 7) is 4.54. The zero-order valence-corrected chi connectivity index (χ0v) is 12.1. The third-order valence-electron chi connectivity index (χ3n) is 2.94. The number of nitrogens with one attached hydrogen (secondary N) is 2. The fourth-order valence-corrected chi connectivity index (χ4v) is 2.01. The maximum absolute atomic E-state index is 11.8. The van der Waals surface area contributed by atoms with Crippen LogP contribution in [0.1, 0.15) is 13.8 Å². The van der Waals surface area contributed by atoms with E-state index in [1.54, 1.807) is 4.90 Å². The molecule has 1 unspecified atom stereocenters. The summed E-state index contributed by atoms with van der Waals surface area (Å²) in [5, 5.41) is 11.9. The molecule has 1 atom stereocenters. The van der Waals surface area contributed by atoms with E-state index in [2.05, 4.69) is 15.3 Å². The second kappa shape index (κ2) is 6.74. The van der Waals surface area contributed by atoms with Crippen molar-refractivity contribution in [2.24, 2.45) is 0 Å². The Morgan fingerprint density at radius 1 is 1.48 bits per heavy atom. The first-order valence-electron chi connectivity index (χ1n) is 6.77. The fourth-order valence-electron chi connectivity index (χ4n) is 2.01. The second-order valence-corrected chi connectivity index (χ2v) is 4.89. The maximum atomic E-state index is 11.8. The van der Waals surface area contributed by atoms with Crippen LogP contribution in [0.15, 0.2) is 4.79 Å². The molecule has 1 aliphatic rings. The minimum absolute atomic E-state index is 0.0393. The molecule has 1 aromatic heterocycles. The number of hydrogen-bond donors (Lipinski definition) is 4. The summed E-state index contributed by atoms with van der Waals surface area (Å²) in [5.74, 6) is 0.463. The van der Waals surface area contributed by atoms with Crippen molar-refractivity contribution in [2.45, 2.75) is 26.2 Å². The summed E-state index contributed by atoms with van der Waals surface area (Å²) < 4.78 is 11.1. The Labute approximate surface area is 122 Å². The van der Waals surface area contributed by atoms with Crippen LogP contribution in [0.5, 0.6) is 0 Å². The Hall–Kier alpha value is -1.84. The van der Waals surface area contributed by atoms with Crippen LogP contribution in [-0.2, 0) is 9.47 Å². The Morgan fingerprint density at radius 2 is 2.24 bits per heavy atom. The SMILES string of the molecule is CC(C)OCC(OCCO)N1CNc2c1nc(N)[nH]c2=O. The van der Waals surface area contributed by atoms with Gasteiger partial charge in [-0.05, 0) is 13.8 Å². The summed E-state index contributed by atoms with van der Waals surface area (Å²) in [5.41, 5.74) is 5.61. The van der Waals surface area contributed by atoms with Crippen LogP contribution in [0.2, 0.25) is 0 Å². The Morgan fingerprint density at radius 3 is 2.90 bits per heavy atom. The molecule has 0 aliphatic carbocycles. The predicted molar refractivity (Wildman–Crippen MR) is 78.2 cm³/mol. The van der Waals surface area contributed by atoms with E-state index in [-0.39, 0.29) is 37.4 Å². The molecule has 21 heavy (non-hydrogen) atoms. The van der Waals surface area contributed by atoms with Gasteiger partial charge in [0.15, 0.2) is 12.0 Å². The van der Waals surface area contributed by atoms with Gasteiger partial charge in [0.05, 0.1) is 32.6 Å². The van der Waals surface area contributed by atoms with Gasteiger partial charge in [-0.15, -0.1) is 0 Å². The number of aromatic nitrogens is 2. The first kappa shape index (κ1) is 15.5. The molecule has 118 valence electrons.